The number of carbonyl (C=O) groups excluding carboxylic acids is 1. The fourth-order valence-electron chi connectivity index (χ4n) is 3.08. The van der Waals surface area contributed by atoms with Crippen LogP contribution in [0, 0.1) is 17.2 Å². The molecule has 0 radical (unpaired) electrons. The number of rotatable bonds is 4. The van der Waals surface area contributed by atoms with E-state index < -0.39 is 11.9 Å². The van der Waals surface area contributed by atoms with Crippen LogP contribution in [0.2, 0.25) is 0 Å². The first kappa shape index (κ1) is 17.5. The van der Waals surface area contributed by atoms with Gasteiger partial charge in [0, 0.05) is 25.0 Å². The molecule has 0 spiro atoms. The van der Waals surface area contributed by atoms with Gasteiger partial charge in [0.15, 0.2) is 0 Å². The van der Waals surface area contributed by atoms with Gasteiger partial charge in [0.1, 0.15) is 11.6 Å². The number of hydrogen-bond acceptors (Lipinski definition) is 4. The van der Waals surface area contributed by atoms with E-state index in [1.165, 1.54) is 11.1 Å². The molecular weight excluding hydrogens is 330 g/mol. The standard InChI is InChI=1S/C20H19N3O3/c21-12-17(19(24)23-9-7-15(8-10-23)20(25)26)13-22-18-6-5-14-3-1-2-4-16(14)11-18/h1-6,11,13,15,22H,7-10H2,(H,25,26)/b17-13-. The number of carboxylic acid groups (broad SMARTS) is 1. The molecule has 1 amide bonds. The van der Waals surface area contributed by atoms with Crippen molar-refractivity contribution in [1.82, 2.24) is 4.90 Å². The highest BCUT2D eigenvalue weighted by atomic mass is 16.4. The minimum atomic E-state index is -0.828. The Labute approximate surface area is 151 Å². The molecular formula is C20H19N3O3. The first-order valence-electron chi connectivity index (χ1n) is 8.46. The van der Waals surface area contributed by atoms with Crippen molar-refractivity contribution in [2.75, 3.05) is 18.4 Å². The number of amides is 1. The number of piperidine rings is 1. The second-order valence-electron chi connectivity index (χ2n) is 6.28. The molecule has 0 bridgehead atoms. The second-order valence-corrected chi connectivity index (χ2v) is 6.28. The quantitative estimate of drug-likeness (QED) is 0.654. The topological polar surface area (TPSA) is 93.4 Å². The number of aliphatic carboxylic acids is 1. The minimum Gasteiger partial charge on any atom is -0.481 e. The SMILES string of the molecule is N#C/C(=C/Nc1ccc2ccccc2c1)C(=O)N1CCC(C(=O)O)CC1. The second kappa shape index (κ2) is 7.70. The van der Waals surface area contributed by atoms with E-state index in [2.05, 4.69) is 5.32 Å². The summed E-state index contributed by atoms with van der Waals surface area (Å²) in [6.45, 7) is 0.704. The van der Waals surface area contributed by atoms with Crippen molar-refractivity contribution in [3.05, 3.63) is 54.2 Å². The Bertz CT molecular complexity index is 906. The zero-order valence-electron chi connectivity index (χ0n) is 14.2. The molecule has 2 aromatic rings. The van der Waals surface area contributed by atoms with Crippen LogP contribution in [0.15, 0.2) is 54.2 Å². The van der Waals surface area contributed by atoms with Crippen LogP contribution in [0.25, 0.3) is 10.8 Å². The Morgan fingerprint density at radius 3 is 2.50 bits per heavy atom. The first-order valence-corrected chi connectivity index (χ1v) is 8.46. The van der Waals surface area contributed by atoms with Gasteiger partial charge in [-0.05, 0) is 35.7 Å². The lowest BCUT2D eigenvalue weighted by Gasteiger charge is -2.29. The van der Waals surface area contributed by atoms with Crippen LogP contribution in [0.4, 0.5) is 5.69 Å². The van der Waals surface area contributed by atoms with Crippen LogP contribution in [0.3, 0.4) is 0 Å². The molecule has 1 aliphatic heterocycles. The van der Waals surface area contributed by atoms with E-state index in [1.807, 2.05) is 48.5 Å². The molecule has 3 rings (SSSR count). The lowest BCUT2D eigenvalue weighted by Crippen LogP contribution is -2.40. The first-order chi connectivity index (χ1) is 12.6. The van der Waals surface area contributed by atoms with Crippen LogP contribution in [-0.4, -0.2) is 35.0 Å². The molecule has 0 unspecified atom stereocenters. The Morgan fingerprint density at radius 2 is 1.85 bits per heavy atom. The number of likely N-dealkylation sites (tertiary alicyclic amines) is 1. The average molecular weight is 349 g/mol. The largest absolute Gasteiger partial charge is 0.481 e. The number of nitrogens with one attached hydrogen (secondary N) is 1. The lowest BCUT2D eigenvalue weighted by molar-refractivity contribution is -0.145. The zero-order chi connectivity index (χ0) is 18.5. The summed E-state index contributed by atoms with van der Waals surface area (Å²) in [6, 6.07) is 15.7. The smallest absolute Gasteiger partial charge is 0.306 e. The van der Waals surface area contributed by atoms with Gasteiger partial charge in [-0.1, -0.05) is 30.3 Å². The fraction of sp³-hybridized carbons (Fsp3) is 0.250. The van der Waals surface area contributed by atoms with Gasteiger partial charge in [-0.3, -0.25) is 9.59 Å². The molecule has 2 N–H and O–H groups in total. The predicted octanol–water partition coefficient (Wildman–Crippen LogP) is 2.98. The van der Waals surface area contributed by atoms with Gasteiger partial charge in [-0.25, -0.2) is 0 Å². The van der Waals surface area contributed by atoms with Crippen molar-refractivity contribution < 1.29 is 14.7 Å². The summed E-state index contributed by atoms with van der Waals surface area (Å²) in [7, 11) is 0. The molecule has 1 saturated heterocycles. The third-order valence-corrected chi connectivity index (χ3v) is 4.61. The summed E-state index contributed by atoms with van der Waals surface area (Å²) >= 11 is 0. The Kier molecular flexibility index (Phi) is 5.18. The molecule has 6 nitrogen and oxygen atoms in total. The van der Waals surface area contributed by atoms with E-state index in [0.717, 1.165) is 16.5 Å². The van der Waals surface area contributed by atoms with Crippen molar-refractivity contribution in [1.29, 1.82) is 5.26 Å². The van der Waals surface area contributed by atoms with Crippen LogP contribution in [0.1, 0.15) is 12.8 Å². The number of nitriles is 1. The zero-order valence-corrected chi connectivity index (χ0v) is 14.2. The number of carboxylic acids is 1. The van der Waals surface area contributed by atoms with Crippen LogP contribution >= 0.6 is 0 Å². The van der Waals surface area contributed by atoms with E-state index in [-0.39, 0.29) is 11.5 Å². The lowest BCUT2D eigenvalue weighted by atomic mass is 9.97. The maximum absolute atomic E-state index is 12.5. The monoisotopic (exact) mass is 349 g/mol. The van der Waals surface area contributed by atoms with Crippen LogP contribution in [-0.2, 0) is 9.59 Å². The fourth-order valence-corrected chi connectivity index (χ4v) is 3.08. The molecule has 0 saturated carbocycles. The highest BCUT2D eigenvalue weighted by Crippen LogP contribution is 2.20. The molecule has 26 heavy (non-hydrogen) atoms. The van der Waals surface area contributed by atoms with Gasteiger partial charge in [0.2, 0.25) is 0 Å². The highest BCUT2D eigenvalue weighted by Gasteiger charge is 2.28. The number of nitrogens with zero attached hydrogens (tertiary/aromatic N) is 2. The summed E-state index contributed by atoms with van der Waals surface area (Å²) in [5.41, 5.74) is 0.792. The van der Waals surface area contributed by atoms with E-state index >= 15 is 0 Å². The van der Waals surface area contributed by atoms with Crippen molar-refractivity contribution in [3.63, 3.8) is 0 Å². The number of hydrogen-bond donors (Lipinski definition) is 2. The van der Waals surface area contributed by atoms with Crippen molar-refractivity contribution in [2.45, 2.75) is 12.8 Å². The number of benzene rings is 2. The van der Waals surface area contributed by atoms with Crippen molar-refractivity contribution in [3.8, 4) is 6.07 Å². The Hall–Kier alpha value is -3.33. The molecule has 0 aliphatic carbocycles. The summed E-state index contributed by atoms with van der Waals surface area (Å²) in [6.07, 6.45) is 2.24. The number of fused-ring (bicyclic) bond motifs is 1. The third-order valence-electron chi connectivity index (χ3n) is 4.61. The summed E-state index contributed by atoms with van der Waals surface area (Å²) in [5.74, 6) is -1.61. The summed E-state index contributed by atoms with van der Waals surface area (Å²) in [4.78, 5) is 25.0. The highest BCUT2D eigenvalue weighted by molar-refractivity contribution is 5.97. The van der Waals surface area contributed by atoms with Gasteiger partial charge in [0.25, 0.3) is 5.91 Å². The van der Waals surface area contributed by atoms with E-state index in [1.54, 1.807) is 0 Å². The van der Waals surface area contributed by atoms with Crippen LogP contribution in [0.5, 0.6) is 0 Å². The molecule has 1 heterocycles. The number of anilines is 1. The predicted molar refractivity (Wildman–Crippen MR) is 98.2 cm³/mol. The third kappa shape index (κ3) is 3.83. The molecule has 0 atom stereocenters. The van der Waals surface area contributed by atoms with E-state index in [9.17, 15) is 14.9 Å². The van der Waals surface area contributed by atoms with Gasteiger partial charge >= 0.3 is 5.97 Å². The average Bonchev–Trinajstić information content (AvgIpc) is 2.68. The number of carbonyl (C=O) groups is 2. The normalized spacial score (nSPS) is 15.5. The Morgan fingerprint density at radius 1 is 1.15 bits per heavy atom. The molecule has 2 aromatic carbocycles. The van der Waals surface area contributed by atoms with Gasteiger partial charge in [-0.2, -0.15) is 5.26 Å². The van der Waals surface area contributed by atoms with Gasteiger partial charge < -0.3 is 15.3 Å². The Balaban J connectivity index is 1.68. The van der Waals surface area contributed by atoms with Gasteiger partial charge in [-0.15, -0.1) is 0 Å². The van der Waals surface area contributed by atoms with Crippen LogP contribution < -0.4 is 5.32 Å². The molecule has 0 aromatic heterocycles. The maximum Gasteiger partial charge on any atom is 0.306 e. The summed E-state index contributed by atoms with van der Waals surface area (Å²) in [5, 5.41) is 23.5. The van der Waals surface area contributed by atoms with Crippen molar-refractivity contribution >= 4 is 28.3 Å². The molecule has 132 valence electrons. The summed E-state index contributed by atoms with van der Waals surface area (Å²) < 4.78 is 0. The molecule has 1 fully saturated rings. The van der Waals surface area contributed by atoms with E-state index in [4.69, 9.17) is 5.11 Å². The molecule has 1 aliphatic rings. The van der Waals surface area contributed by atoms with Gasteiger partial charge in [0.05, 0.1) is 5.92 Å². The minimum absolute atomic E-state index is 0.00642. The molecule has 6 heteroatoms. The maximum atomic E-state index is 12.5. The van der Waals surface area contributed by atoms with Crippen molar-refractivity contribution in [2.24, 2.45) is 5.92 Å². The van der Waals surface area contributed by atoms with E-state index in [0.29, 0.717) is 25.9 Å².